The monoisotopic (exact) mass is 382 g/mol. The lowest BCUT2D eigenvalue weighted by Gasteiger charge is -2.26. The van der Waals surface area contributed by atoms with Crippen molar-refractivity contribution < 1.29 is 13.6 Å². The van der Waals surface area contributed by atoms with E-state index in [9.17, 15) is 13.6 Å². The summed E-state index contributed by atoms with van der Waals surface area (Å²) >= 11 is 0. The zero-order valence-electron chi connectivity index (χ0n) is 15.6. The molecule has 0 unspecified atom stereocenters. The second-order valence-corrected chi connectivity index (χ2v) is 6.57. The van der Waals surface area contributed by atoms with E-state index < -0.39 is 11.6 Å². The molecule has 28 heavy (non-hydrogen) atoms. The lowest BCUT2D eigenvalue weighted by molar-refractivity contribution is 0.0683. The standard InChI is InChI=1S/C21H20F2N4O/c1-14(2)27(13-15-6-4-3-5-7-15)21(28)19-10-11-20(26-25-19)24-16-8-9-17(22)18(23)12-16/h3-12,14H,13H2,1-2H3,(H,24,26). The second kappa shape index (κ2) is 8.56. The van der Waals surface area contributed by atoms with Crippen molar-refractivity contribution in [2.45, 2.75) is 26.4 Å². The number of halogens is 2. The van der Waals surface area contributed by atoms with Gasteiger partial charge in [0.2, 0.25) is 0 Å². The maximum absolute atomic E-state index is 13.3. The van der Waals surface area contributed by atoms with Crippen LogP contribution in [0.1, 0.15) is 29.9 Å². The van der Waals surface area contributed by atoms with Crippen molar-refractivity contribution in [1.82, 2.24) is 15.1 Å². The fourth-order valence-corrected chi connectivity index (χ4v) is 2.65. The van der Waals surface area contributed by atoms with Gasteiger partial charge in [-0.2, -0.15) is 0 Å². The van der Waals surface area contributed by atoms with Crippen LogP contribution in [0, 0.1) is 11.6 Å². The summed E-state index contributed by atoms with van der Waals surface area (Å²) in [4.78, 5) is 14.6. The van der Waals surface area contributed by atoms with Gasteiger partial charge in [-0.3, -0.25) is 4.79 Å². The summed E-state index contributed by atoms with van der Waals surface area (Å²) < 4.78 is 26.3. The number of aromatic nitrogens is 2. The Bertz CT molecular complexity index is 946. The van der Waals surface area contributed by atoms with Crippen molar-refractivity contribution >= 4 is 17.4 Å². The highest BCUT2D eigenvalue weighted by Crippen LogP contribution is 2.18. The van der Waals surface area contributed by atoms with Gasteiger partial charge < -0.3 is 10.2 Å². The van der Waals surface area contributed by atoms with E-state index in [4.69, 9.17) is 0 Å². The molecule has 1 aromatic heterocycles. The maximum atomic E-state index is 13.3. The van der Waals surface area contributed by atoms with Gasteiger partial charge in [0.1, 0.15) is 0 Å². The highest BCUT2D eigenvalue weighted by Gasteiger charge is 2.20. The van der Waals surface area contributed by atoms with Crippen LogP contribution >= 0.6 is 0 Å². The second-order valence-electron chi connectivity index (χ2n) is 6.57. The van der Waals surface area contributed by atoms with Crippen LogP contribution in [-0.2, 0) is 6.54 Å². The minimum absolute atomic E-state index is 0.0190. The van der Waals surface area contributed by atoms with Crippen molar-refractivity contribution in [3.63, 3.8) is 0 Å². The molecule has 1 amide bonds. The number of carbonyl (C=O) groups is 1. The Labute approximate surface area is 162 Å². The van der Waals surface area contributed by atoms with Crippen molar-refractivity contribution in [2.24, 2.45) is 0 Å². The van der Waals surface area contributed by atoms with Crippen molar-refractivity contribution in [1.29, 1.82) is 0 Å². The molecule has 3 aromatic rings. The van der Waals surface area contributed by atoms with Crippen molar-refractivity contribution in [2.75, 3.05) is 5.32 Å². The molecule has 5 nitrogen and oxygen atoms in total. The third-order valence-corrected chi connectivity index (χ3v) is 4.16. The molecule has 0 fully saturated rings. The van der Waals surface area contributed by atoms with E-state index in [1.54, 1.807) is 17.0 Å². The van der Waals surface area contributed by atoms with Crippen LogP contribution in [0.2, 0.25) is 0 Å². The molecule has 0 aliphatic heterocycles. The summed E-state index contributed by atoms with van der Waals surface area (Å²) in [6.45, 7) is 4.34. The van der Waals surface area contributed by atoms with Gasteiger partial charge in [-0.15, -0.1) is 10.2 Å². The van der Waals surface area contributed by atoms with Crippen molar-refractivity contribution in [3.8, 4) is 0 Å². The Morgan fingerprint density at radius 1 is 1.00 bits per heavy atom. The average Bonchev–Trinajstić information content (AvgIpc) is 2.69. The van der Waals surface area contributed by atoms with E-state index >= 15 is 0 Å². The zero-order chi connectivity index (χ0) is 20.1. The normalized spacial score (nSPS) is 10.8. The Morgan fingerprint density at radius 2 is 1.75 bits per heavy atom. The number of hydrogen-bond acceptors (Lipinski definition) is 4. The van der Waals surface area contributed by atoms with Crippen LogP contribution in [0.5, 0.6) is 0 Å². The van der Waals surface area contributed by atoms with E-state index in [2.05, 4.69) is 15.5 Å². The van der Waals surface area contributed by atoms with E-state index in [1.165, 1.54) is 6.07 Å². The number of benzene rings is 2. The number of nitrogens with one attached hydrogen (secondary N) is 1. The molecule has 144 valence electrons. The Hall–Kier alpha value is -3.35. The van der Waals surface area contributed by atoms with Crippen molar-refractivity contribution in [3.05, 3.63) is 83.6 Å². The molecule has 3 rings (SSSR count). The van der Waals surface area contributed by atoms with Gasteiger partial charge in [-0.25, -0.2) is 8.78 Å². The van der Waals surface area contributed by atoms with Crippen LogP contribution in [0.4, 0.5) is 20.3 Å². The first-order chi connectivity index (χ1) is 13.4. The van der Waals surface area contributed by atoms with Crippen LogP contribution < -0.4 is 5.32 Å². The minimum Gasteiger partial charge on any atom is -0.339 e. The molecule has 0 aliphatic rings. The molecule has 0 bridgehead atoms. The molecule has 1 N–H and O–H groups in total. The van der Waals surface area contributed by atoms with E-state index in [1.807, 2.05) is 44.2 Å². The van der Waals surface area contributed by atoms with Crippen LogP contribution in [-0.4, -0.2) is 27.0 Å². The van der Waals surface area contributed by atoms with Gasteiger partial charge in [-0.05, 0) is 43.7 Å². The number of hydrogen-bond donors (Lipinski definition) is 1. The first-order valence-electron chi connectivity index (χ1n) is 8.84. The Kier molecular flexibility index (Phi) is 5.93. The third-order valence-electron chi connectivity index (χ3n) is 4.16. The van der Waals surface area contributed by atoms with E-state index in [-0.39, 0.29) is 17.6 Å². The summed E-state index contributed by atoms with van der Waals surface area (Å²) in [6, 6.07) is 16.2. The lowest BCUT2D eigenvalue weighted by atomic mass is 10.1. The van der Waals surface area contributed by atoms with E-state index in [0.29, 0.717) is 18.1 Å². The Balaban J connectivity index is 1.73. The van der Waals surface area contributed by atoms with Crippen LogP contribution in [0.15, 0.2) is 60.7 Å². The fraction of sp³-hybridized carbons (Fsp3) is 0.190. The summed E-state index contributed by atoms with van der Waals surface area (Å²) in [5.41, 5.74) is 1.56. The van der Waals surface area contributed by atoms with Gasteiger partial charge in [0.05, 0.1) is 0 Å². The van der Waals surface area contributed by atoms with E-state index in [0.717, 1.165) is 17.7 Å². The molecule has 7 heteroatoms. The zero-order valence-corrected chi connectivity index (χ0v) is 15.6. The molecule has 2 aromatic carbocycles. The number of rotatable bonds is 6. The summed E-state index contributed by atoms with van der Waals surface area (Å²) in [6.07, 6.45) is 0. The SMILES string of the molecule is CC(C)N(Cc1ccccc1)C(=O)c1ccc(Nc2ccc(F)c(F)c2)nn1. The lowest BCUT2D eigenvalue weighted by Crippen LogP contribution is -2.37. The van der Waals surface area contributed by atoms with Crippen LogP contribution in [0.25, 0.3) is 0 Å². The topological polar surface area (TPSA) is 58.1 Å². The van der Waals surface area contributed by atoms with Crippen LogP contribution in [0.3, 0.4) is 0 Å². The molecular formula is C21H20F2N4O. The predicted octanol–water partition coefficient (Wildman–Crippen LogP) is 4.55. The molecule has 0 spiro atoms. The average molecular weight is 382 g/mol. The van der Waals surface area contributed by atoms with Gasteiger partial charge in [0.15, 0.2) is 23.1 Å². The molecule has 0 saturated heterocycles. The molecular weight excluding hydrogens is 362 g/mol. The van der Waals surface area contributed by atoms with Gasteiger partial charge in [-0.1, -0.05) is 30.3 Å². The molecule has 1 heterocycles. The smallest absolute Gasteiger partial charge is 0.274 e. The first kappa shape index (κ1) is 19.4. The predicted molar refractivity (Wildman–Crippen MR) is 103 cm³/mol. The maximum Gasteiger partial charge on any atom is 0.274 e. The van der Waals surface area contributed by atoms with Gasteiger partial charge in [0.25, 0.3) is 5.91 Å². The quantitative estimate of drug-likeness (QED) is 0.680. The number of carbonyl (C=O) groups excluding carboxylic acids is 1. The highest BCUT2D eigenvalue weighted by atomic mass is 19.2. The highest BCUT2D eigenvalue weighted by molar-refractivity contribution is 5.92. The number of anilines is 2. The summed E-state index contributed by atoms with van der Waals surface area (Å²) in [5.74, 6) is -1.80. The van der Waals surface area contributed by atoms with Gasteiger partial charge >= 0.3 is 0 Å². The largest absolute Gasteiger partial charge is 0.339 e. The number of nitrogens with zero attached hydrogens (tertiary/aromatic N) is 3. The molecule has 0 radical (unpaired) electrons. The summed E-state index contributed by atoms with van der Waals surface area (Å²) in [7, 11) is 0. The molecule has 0 atom stereocenters. The fourth-order valence-electron chi connectivity index (χ4n) is 2.65. The number of amides is 1. The first-order valence-corrected chi connectivity index (χ1v) is 8.84. The Morgan fingerprint density at radius 3 is 2.36 bits per heavy atom. The minimum atomic E-state index is -0.960. The summed E-state index contributed by atoms with van der Waals surface area (Å²) in [5, 5.41) is 10.8. The third kappa shape index (κ3) is 4.68. The molecule has 0 aliphatic carbocycles. The molecule has 0 saturated carbocycles. The van der Waals surface area contributed by atoms with Gasteiger partial charge in [0, 0.05) is 24.3 Å².